The number of amides is 1. The number of benzene rings is 2. The van der Waals surface area contributed by atoms with E-state index in [4.69, 9.17) is 21.9 Å². The molecule has 2 aromatic heterocycles. The number of carbonyl (C=O) groups excluding carboxylic acids is 1. The van der Waals surface area contributed by atoms with Crippen molar-refractivity contribution >= 4 is 34.6 Å². The second-order valence-electron chi connectivity index (χ2n) is 9.94. The third-order valence-corrected chi connectivity index (χ3v) is 7.79. The number of nitrogens with one attached hydrogen (secondary N) is 2. The molecule has 1 fully saturated rings. The molecule has 1 aliphatic heterocycles. The van der Waals surface area contributed by atoms with E-state index in [1.807, 2.05) is 36.4 Å². The van der Waals surface area contributed by atoms with Crippen LogP contribution in [-0.2, 0) is 4.79 Å². The first-order valence-corrected chi connectivity index (χ1v) is 13.3. The SMILES string of the molecule is COc1ccc(N2C(=S)N[C@@H](c3ccccn3)[C@H]2c2cc(C)n(-c3cccc(C)c3C)c2C)cc1NC(C)=O. The van der Waals surface area contributed by atoms with Crippen LogP contribution >= 0.6 is 12.2 Å². The van der Waals surface area contributed by atoms with Crippen LogP contribution in [0.25, 0.3) is 5.69 Å². The predicted molar refractivity (Wildman–Crippen MR) is 160 cm³/mol. The summed E-state index contributed by atoms with van der Waals surface area (Å²) in [5, 5.41) is 7.02. The van der Waals surface area contributed by atoms with E-state index in [0.717, 1.165) is 28.3 Å². The number of nitrogens with zero attached hydrogens (tertiary/aromatic N) is 3. The lowest BCUT2D eigenvalue weighted by molar-refractivity contribution is -0.114. The zero-order valence-electron chi connectivity index (χ0n) is 23.1. The van der Waals surface area contributed by atoms with E-state index < -0.39 is 0 Å². The van der Waals surface area contributed by atoms with E-state index in [2.05, 4.69) is 72.1 Å². The number of aryl methyl sites for hydroxylation is 2. The summed E-state index contributed by atoms with van der Waals surface area (Å²) < 4.78 is 7.83. The van der Waals surface area contributed by atoms with E-state index >= 15 is 0 Å². The number of pyridine rings is 1. The zero-order valence-corrected chi connectivity index (χ0v) is 23.9. The second kappa shape index (κ2) is 10.5. The number of thiocarbonyl (C=S) groups is 1. The van der Waals surface area contributed by atoms with Gasteiger partial charge < -0.3 is 24.8 Å². The molecule has 3 heterocycles. The lowest BCUT2D eigenvalue weighted by atomic mass is 9.96. The first-order chi connectivity index (χ1) is 18.7. The van der Waals surface area contributed by atoms with Crippen molar-refractivity contribution in [1.82, 2.24) is 14.9 Å². The molecule has 1 amide bonds. The summed E-state index contributed by atoms with van der Waals surface area (Å²) in [6.07, 6.45) is 1.81. The lowest BCUT2D eigenvalue weighted by Gasteiger charge is -2.29. The maximum Gasteiger partial charge on any atom is 0.221 e. The summed E-state index contributed by atoms with van der Waals surface area (Å²) in [5.41, 5.74) is 9.43. The normalized spacial score (nSPS) is 16.8. The van der Waals surface area contributed by atoms with Crippen molar-refractivity contribution in [1.29, 1.82) is 0 Å². The van der Waals surface area contributed by atoms with Gasteiger partial charge in [0, 0.05) is 35.9 Å². The molecule has 2 aromatic carbocycles. The Kier molecular flexibility index (Phi) is 7.14. The van der Waals surface area contributed by atoms with Crippen LogP contribution in [0.15, 0.2) is 66.9 Å². The predicted octanol–water partition coefficient (Wildman–Crippen LogP) is 6.25. The molecule has 7 nitrogen and oxygen atoms in total. The number of methoxy groups -OCH3 is 1. The number of rotatable bonds is 6. The molecule has 2 N–H and O–H groups in total. The van der Waals surface area contributed by atoms with Gasteiger partial charge in [0.25, 0.3) is 0 Å². The Bertz CT molecular complexity index is 1560. The number of hydrogen-bond acceptors (Lipinski definition) is 4. The molecule has 2 atom stereocenters. The van der Waals surface area contributed by atoms with Crippen molar-refractivity contribution in [2.45, 2.75) is 46.7 Å². The monoisotopic (exact) mass is 539 g/mol. The molecule has 1 saturated heterocycles. The Balaban J connectivity index is 1.70. The van der Waals surface area contributed by atoms with Crippen LogP contribution in [0, 0.1) is 27.7 Å². The molecule has 5 rings (SSSR count). The Morgan fingerprint density at radius 2 is 1.85 bits per heavy atom. The Hall–Kier alpha value is -4.17. The van der Waals surface area contributed by atoms with Crippen molar-refractivity contribution in [3.8, 4) is 11.4 Å². The Morgan fingerprint density at radius 1 is 1.05 bits per heavy atom. The van der Waals surface area contributed by atoms with Crippen molar-refractivity contribution in [2.24, 2.45) is 0 Å². The fourth-order valence-electron chi connectivity index (χ4n) is 5.52. The van der Waals surface area contributed by atoms with Crippen molar-refractivity contribution < 1.29 is 9.53 Å². The highest BCUT2D eigenvalue weighted by Crippen LogP contribution is 2.45. The molecule has 0 spiro atoms. The van der Waals surface area contributed by atoms with Crippen molar-refractivity contribution in [3.05, 3.63) is 101 Å². The van der Waals surface area contributed by atoms with Gasteiger partial charge in [0.15, 0.2) is 5.11 Å². The number of aromatic nitrogens is 2. The molecule has 200 valence electrons. The van der Waals surface area contributed by atoms with Gasteiger partial charge in [0.2, 0.25) is 5.91 Å². The fourth-order valence-corrected chi connectivity index (χ4v) is 5.86. The van der Waals surface area contributed by atoms with E-state index in [1.54, 1.807) is 13.3 Å². The van der Waals surface area contributed by atoms with Crippen LogP contribution < -0.4 is 20.3 Å². The third-order valence-electron chi connectivity index (χ3n) is 7.48. The fraction of sp³-hybridized carbons (Fsp3) is 0.258. The Labute approximate surface area is 234 Å². The highest BCUT2D eigenvalue weighted by Gasteiger charge is 2.42. The quantitative estimate of drug-likeness (QED) is 0.282. The van der Waals surface area contributed by atoms with Gasteiger partial charge in [0.05, 0.1) is 30.6 Å². The Morgan fingerprint density at radius 3 is 2.54 bits per heavy atom. The minimum Gasteiger partial charge on any atom is -0.495 e. The van der Waals surface area contributed by atoms with Crippen LogP contribution in [0.1, 0.15) is 52.8 Å². The summed E-state index contributed by atoms with van der Waals surface area (Å²) in [5.74, 6) is 0.408. The zero-order chi connectivity index (χ0) is 27.8. The standard InChI is InChI=1S/C31H33N5O2S/c1-18-10-9-12-27(20(18)3)35-19(2)16-24(21(35)4)30-29(25-11-7-8-15-32-25)34-31(39)36(30)23-13-14-28(38-6)26(17-23)33-22(5)37/h7-17,29-30H,1-6H3,(H,33,37)(H,34,39)/t29-,30+/m0/s1. The van der Waals surface area contributed by atoms with Gasteiger partial charge in [-0.1, -0.05) is 18.2 Å². The third kappa shape index (κ3) is 4.76. The van der Waals surface area contributed by atoms with E-state index in [-0.39, 0.29) is 18.0 Å². The van der Waals surface area contributed by atoms with E-state index in [9.17, 15) is 4.79 Å². The lowest BCUT2D eigenvalue weighted by Crippen LogP contribution is -2.29. The maximum absolute atomic E-state index is 11.9. The minimum atomic E-state index is -0.184. The topological polar surface area (TPSA) is 71.4 Å². The molecule has 39 heavy (non-hydrogen) atoms. The summed E-state index contributed by atoms with van der Waals surface area (Å²) >= 11 is 5.94. The largest absolute Gasteiger partial charge is 0.495 e. The molecule has 0 saturated carbocycles. The summed E-state index contributed by atoms with van der Waals surface area (Å²) in [7, 11) is 1.59. The molecule has 0 unspecified atom stereocenters. The number of carbonyl (C=O) groups is 1. The van der Waals surface area contributed by atoms with Crippen LogP contribution in [0.5, 0.6) is 5.75 Å². The molecular weight excluding hydrogens is 506 g/mol. The molecule has 0 bridgehead atoms. The van der Waals surface area contributed by atoms with Gasteiger partial charge in [-0.15, -0.1) is 0 Å². The minimum absolute atomic E-state index is 0.174. The van der Waals surface area contributed by atoms with Crippen LogP contribution in [0.2, 0.25) is 0 Å². The smallest absolute Gasteiger partial charge is 0.221 e. The summed E-state index contributed by atoms with van der Waals surface area (Å²) in [6.45, 7) is 10.1. The molecule has 8 heteroatoms. The van der Waals surface area contributed by atoms with Crippen LogP contribution in [0.3, 0.4) is 0 Å². The molecular formula is C31H33N5O2S. The molecule has 1 aliphatic rings. The van der Waals surface area contributed by atoms with Crippen molar-refractivity contribution in [3.63, 3.8) is 0 Å². The second-order valence-corrected chi connectivity index (χ2v) is 10.3. The van der Waals surface area contributed by atoms with Crippen molar-refractivity contribution in [2.75, 3.05) is 17.3 Å². The van der Waals surface area contributed by atoms with Gasteiger partial charge in [-0.25, -0.2) is 0 Å². The van der Waals surface area contributed by atoms with Gasteiger partial charge in [-0.3, -0.25) is 9.78 Å². The van der Waals surface area contributed by atoms with Gasteiger partial charge in [0.1, 0.15) is 5.75 Å². The van der Waals surface area contributed by atoms with Crippen LogP contribution in [-0.4, -0.2) is 27.7 Å². The summed E-state index contributed by atoms with van der Waals surface area (Å²) in [6, 6.07) is 20.0. The highest BCUT2D eigenvalue weighted by atomic mass is 32.1. The number of ether oxygens (including phenoxy) is 1. The van der Waals surface area contributed by atoms with Crippen LogP contribution in [0.4, 0.5) is 11.4 Å². The van der Waals surface area contributed by atoms with Gasteiger partial charge in [-0.2, -0.15) is 0 Å². The highest BCUT2D eigenvalue weighted by molar-refractivity contribution is 7.80. The van der Waals surface area contributed by atoms with Gasteiger partial charge in [-0.05, 0) is 99.1 Å². The van der Waals surface area contributed by atoms with E-state index in [1.165, 1.54) is 23.7 Å². The first-order valence-electron chi connectivity index (χ1n) is 12.9. The first kappa shape index (κ1) is 26.4. The number of anilines is 2. The molecule has 0 radical (unpaired) electrons. The number of hydrogen-bond donors (Lipinski definition) is 2. The maximum atomic E-state index is 11.9. The molecule has 4 aromatic rings. The summed E-state index contributed by atoms with van der Waals surface area (Å²) in [4.78, 5) is 18.8. The average Bonchev–Trinajstić information content (AvgIpc) is 3.41. The van der Waals surface area contributed by atoms with E-state index in [0.29, 0.717) is 16.5 Å². The average molecular weight is 540 g/mol. The molecule has 0 aliphatic carbocycles. The van der Waals surface area contributed by atoms with Gasteiger partial charge >= 0.3 is 0 Å².